The minimum absolute atomic E-state index is 0.0642. The molecule has 2 N–H and O–H groups in total. The highest BCUT2D eigenvalue weighted by atomic mass is 16.2. The predicted molar refractivity (Wildman–Crippen MR) is 94.1 cm³/mol. The Morgan fingerprint density at radius 1 is 1.31 bits per heavy atom. The molecule has 8 heteroatoms. The Labute approximate surface area is 151 Å². The Morgan fingerprint density at radius 2 is 2.23 bits per heavy atom. The second-order valence-electron chi connectivity index (χ2n) is 6.66. The van der Waals surface area contributed by atoms with E-state index in [1.165, 1.54) is 0 Å². The molecule has 2 aliphatic heterocycles. The van der Waals surface area contributed by atoms with Crippen LogP contribution >= 0.6 is 0 Å². The molecule has 2 amide bonds. The average Bonchev–Trinajstić information content (AvgIpc) is 3.35. The van der Waals surface area contributed by atoms with Crippen LogP contribution in [0.1, 0.15) is 34.7 Å². The highest BCUT2D eigenvalue weighted by Crippen LogP contribution is 2.17. The van der Waals surface area contributed by atoms with E-state index in [1.54, 1.807) is 12.3 Å². The Bertz CT molecular complexity index is 797. The number of rotatable bonds is 4. The van der Waals surface area contributed by atoms with Gasteiger partial charge in [0.2, 0.25) is 5.91 Å². The minimum Gasteiger partial charge on any atom is -0.345 e. The zero-order valence-corrected chi connectivity index (χ0v) is 14.5. The van der Waals surface area contributed by atoms with Crippen LogP contribution in [0.25, 0.3) is 0 Å². The maximum absolute atomic E-state index is 12.6. The second kappa shape index (κ2) is 7.25. The third-order valence-corrected chi connectivity index (χ3v) is 4.86. The monoisotopic (exact) mass is 354 g/mol. The third kappa shape index (κ3) is 3.45. The van der Waals surface area contributed by atoms with Crippen molar-refractivity contribution in [2.45, 2.75) is 38.5 Å². The lowest BCUT2D eigenvalue weighted by atomic mass is 10.2. The maximum Gasteiger partial charge on any atom is 0.272 e. The van der Waals surface area contributed by atoms with E-state index in [4.69, 9.17) is 0 Å². The van der Waals surface area contributed by atoms with E-state index in [9.17, 15) is 9.59 Å². The Balaban J connectivity index is 1.39. The van der Waals surface area contributed by atoms with Crippen LogP contribution in [0.2, 0.25) is 0 Å². The van der Waals surface area contributed by atoms with Crippen molar-refractivity contribution in [3.05, 3.63) is 47.5 Å². The third-order valence-electron chi connectivity index (χ3n) is 4.86. The first-order valence-electron chi connectivity index (χ1n) is 8.98. The van der Waals surface area contributed by atoms with Gasteiger partial charge in [0.25, 0.3) is 5.91 Å². The van der Waals surface area contributed by atoms with Crippen LogP contribution < -0.4 is 10.6 Å². The van der Waals surface area contributed by atoms with Crippen molar-refractivity contribution in [3.63, 3.8) is 0 Å². The van der Waals surface area contributed by atoms with E-state index in [0.717, 1.165) is 30.8 Å². The largest absolute Gasteiger partial charge is 0.345 e. The lowest BCUT2D eigenvalue weighted by Gasteiger charge is -2.29. The quantitative estimate of drug-likeness (QED) is 0.824. The first-order valence-corrected chi connectivity index (χ1v) is 8.98. The van der Waals surface area contributed by atoms with Gasteiger partial charge in [0.15, 0.2) is 5.69 Å². The lowest BCUT2D eigenvalue weighted by molar-refractivity contribution is -0.134. The Hall–Kier alpha value is -2.74. The Kier molecular flexibility index (Phi) is 4.66. The molecule has 0 aliphatic carbocycles. The number of nitrogens with zero attached hydrogens (tertiary/aromatic N) is 4. The molecule has 26 heavy (non-hydrogen) atoms. The van der Waals surface area contributed by atoms with Crippen molar-refractivity contribution in [2.24, 2.45) is 0 Å². The summed E-state index contributed by atoms with van der Waals surface area (Å²) in [7, 11) is 0. The molecule has 136 valence electrons. The molecule has 0 aromatic carbocycles. The molecule has 0 bridgehead atoms. The molecule has 1 atom stereocenters. The topological polar surface area (TPSA) is 92.2 Å². The van der Waals surface area contributed by atoms with Gasteiger partial charge < -0.3 is 15.5 Å². The molecular formula is C18H22N6O2. The van der Waals surface area contributed by atoms with Gasteiger partial charge in [-0.2, -0.15) is 5.10 Å². The number of pyridine rings is 1. The molecule has 8 nitrogen and oxygen atoms in total. The first kappa shape index (κ1) is 16.7. The number of aromatic nitrogens is 3. The van der Waals surface area contributed by atoms with Gasteiger partial charge in [-0.1, -0.05) is 6.07 Å². The summed E-state index contributed by atoms with van der Waals surface area (Å²) in [5.74, 6) is -0.0796. The van der Waals surface area contributed by atoms with Gasteiger partial charge in [0, 0.05) is 12.7 Å². The molecule has 0 spiro atoms. The van der Waals surface area contributed by atoms with E-state index >= 15 is 0 Å². The average molecular weight is 354 g/mol. The smallest absolute Gasteiger partial charge is 0.272 e. The molecule has 2 aromatic heterocycles. The van der Waals surface area contributed by atoms with Crippen LogP contribution in [-0.2, 0) is 24.4 Å². The fourth-order valence-electron chi connectivity index (χ4n) is 3.45. The molecule has 4 rings (SSSR count). The first-order chi connectivity index (χ1) is 12.7. The molecule has 0 radical (unpaired) electrons. The summed E-state index contributed by atoms with van der Waals surface area (Å²) in [6.45, 7) is 3.00. The maximum atomic E-state index is 12.6. The van der Waals surface area contributed by atoms with E-state index in [1.807, 2.05) is 27.8 Å². The van der Waals surface area contributed by atoms with Crippen LogP contribution in [0, 0.1) is 0 Å². The Morgan fingerprint density at radius 3 is 3.00 bits per heavy atom. The number of hydrogen-bond donors (Lipinski definition) is 2. The van der Waals surface area contributed by atoms with Crippen molar-refractivity contribution in [3.8, 4) is 0 Å². The summed E-state index contributed by atoms with van der Waals surface area (Å²) in [4.78, 5) is 31.0. The standard InChI is InChI=1S/C18H22N6O2/c25-17(21-11-13-4-1-2-6-19-13)16-10-14-12-23(8-9-24(14)22-16)18(26)15-5-3-7-20-15/h1-2,4,6,10,15,20H,3,5,7-9,11-12H2,(H,21,25)/t15-/m0/s1. The van der Waals surface area contributed by atoms with Gasteiger partial charge in [-0.05, 0) is 37.6 Å². The van der Waals surface area contributed by atoms with Crippen LogP contribution in [0.15, 0.2) is 30.5 Å². The van der Waals surface area contributed by atoms with Gasteiger partial charge in [0.1, 0.15) is 0 Å². The van der Waals surface area contributed by atoms with Gasteiger partial charge >= 0.3 is 0 Å². The summed E-state index contributed by atoms with van der Waals surface area (Å²) in [6, 6.07) is 7.29. The summed E-state index contributed by atoms with van der Waals surface area (Å²) in [6.07, 6.45) is 3.64. The molecule has 1 fully saturated rings. The van der Waals surface area contributed by atoms with Crippen LogP contribution in [0.4, 0.5) is 0 Å². The summed E-state index contributed by atoms with van der Waals surface area (Å²) in [5.41, 5.74) is 2.07. The van der Waals surface area contributed by atoms with Gasteiger partial charge in [-0.25, -0.2) is 0 Å². The highest BCUT2D eigenvalue weighted by Gasteiger charge is 2.30. The molecule has 0 unspecified atom stereocenters. The number of nitrogens with one attached hydrogen (secondary N) is 2. The van der Waals surface area contributed by atoms with Crippen molar-refractivity contribution in [1.82, 2.24) is 30.3 Å². The van der Waals surface area contributed by atoms with Crippen LogP contribution in [0.5, 0.6) is 0 Å². The second-order valence-corrected chi connectivity index (χ2v) is 6.66. The van der Waals surface area contributed by atoms with E-state index in [-0.39, 0.29) is 17.9 Å². The molecule has 2 aromatic rings. The normalized spacial score (nSPS) is 19.2. The molecule has 1 saturated heterocycles. The minimum atomic E-state index is -0.229. The molecule has 4 heterocycles. The number of carbonyl (C=O) groups excluding carboxylic acids is 2. The highest BCUT2D eigenvalue weighted by molar-refractivity contribution is 5.92. The van der Waals surface area contributed by atoms with Crippen molar-refractivity contribution < 1.29 is 9.59 Å². The lowest BCUT2D eigenvalue weighted by Crippen LogP contribution is -2.46. The summed E-state index contributed by atoms with van der Waals surface area (Å²) >= 11 is 0. The van der Waals surface area contributed by atoms with Crippen molar-refractivity contribution in [2.75, 3.05) is 13.1 Å². The molecule has 0 saturated carbocycles. The number of hydrogen-bond acceptors (Lipinski definition) is 5. The van der Waals surface area contributed by atoms with Crippen LogP contribution in [-0.4, -0.2) is 50.6 Å². The van der Waals surface area contributed by atoms with Crippen molar-refractivity contribution >= 4 is 11.8 Å². The molecule has 2 aliphatic rings. The summed E-state index contributed by atoms with van der Waals surface area (Å²) < 4.78 is 1.82. The molecular weight excluding hydrogens is 332 g/mol. The van der Waals surface area contributed by atoms with E-state index in [2.05, 4.69) is 20.7 Å². The van der Waals surface area contributed by atoms with Crippen molar-refractivity contribution in [1.29, 1.82) is 0 Å². The zero-order valence-electron chi connectivity index (χ0n) is 14.5. The number of fused-ring (bicyclic) bond motifs is 1. The van der Waals surface area contributed by atoms with Crippen LogP contribution in [0.3, 0.4) is 0 Å². The van der Waals surface area contributed by atoms with E-state index < -0.39 is 0 Å². The fraction of sp³-hybridized carbons (Fsp3) is 0.444. The predicted octanol–water partition coefficient (Wildman–Crippen LogP) is 0.302. The SMILES string of the molecule is O=C(NCc1ccccn1)c1cc2n(n1)CCN(C(=O)[C@@H]1CCCN1)C2. The van der Waals surface area contributed by atoms with Gasteiger partial charge in [-0.15, -0.1) is 0 Å². The van der Waals surface area contributed by atoms with E-state index in [0.29, 0.717) is 31.9 Å². The fourth-order valence-corrected chi connectivity index (χ4v) is 3.45. The number of carbonyl (C=O) groups is 2. The number of amides is 2. The zero-order chi connectivity index (χ0) is 17.9. The van der Waals surface area contributed by atoms with Gasteiger partial charge in [-0.3, -0.25) is 19.3 Å². The summed E-state index contributed by atoms with van der Waals surface area (Å²) in [5, 5.41) is 10.5. The van der Waals surface area contributed by atoms with Gasteiger partial charge in [0.05, 0.1) is 37.1 Å².